The molecule has 0 aromatic heterocycles. The fourth-order valence-corrected chi connectivity index (χ4v) is 6.64. The summed E-state index contributed by atoms with van der Waals surface area (Å²) in [6, 6.07) is 29.5. The molecule has 1 saturated carbocycles. The van der Waals surface area contributed by atoms with E-state index < -0.39 is 0 Å². The highest BCUT2D eigenvalue weighted by atomic mass is 16.1. The van der Waals surface area contributed by atoms with E-state index in [9.17, 15) is 4.79 Å². The summed E-state index contributed by atoms with van der Waals surface area (Å²) < 4.78 is 0. The number of hydrogen-bond acceptors (Lipinski definition) is 3. The van der Waals surface area contributed by atoms with E-state index >= 15 is 0 Å². The average molecular weight is 443 g/mol. The Morgan fingerprint density at radius 1 is 0.794 bits per heavy atom. The molecule has 0 bridgehead atoms. The summed E-state index contributed by atoms with van der Waals surface area (Å²) in [5.41, 5.74) is 7.02. The van der Waals surface area contributed by atoms with Gasteiger partial charge in [0.15, 0.2) is 5.78 Å². The number of rotatable bonds is 2. The summed E-state index contributed by atoms with van der Waals surface area (Å²) in [5.74, 6) is 0.716. The second kappa shape index (κ2) is 7.39. The predicted molar refractivity (Wildman–Crippen MR) is 136 cm³/mol. The van der Waals surface area contributed by atoms with Crippen LogP contribution >= 0.6 is 0 Å². The lowest BCUT2D eigenvalue weighted by Crippen LogP contribution is -2.54. The van der Waals surface area contributed by atoms with Crippen LogP contribution in [0, 0.1) is 5.92 Å². The summed E-state index contributed by atoms with van der Waals surface area (Å²) in [6.45, 7) is 0. The number of aliphatic imine (C=N–C) groups is 1. The molecule has 1 fully saturated rings. The van der Waals surface area contributed by atoms with Crippen LogP contribution in [0.4, 0.5) is 0 Å². The zero-order valence-corrected chi connectivity index (χ0v) is 19.0. The second-order valence-corrected chi connectivity index (χ2v) is 9.82. The van der Waals surface area contributed by atoms with Crippen LogP contribution in [0.1, 0.15) is 58.6 Å². The number of carbonyl (C=O) groups excluding carboxylic acids is 1. The van der Waals surface area contributed by atoms with Crippen molar-refractivity contribution in [3.8, 4) is 0 Å². The van der Waals surface area contributed by atoms with Crippen LogP contribution in [0.2, 0.25) is 0 Å². The quantitative estimate of drug-likeness (QED) is 0.448. The highest BCUT2D eigenvalue weighted by Crippen LogP contribution is 2.58. The molecule has 3 unspecified atom stereocenters. The van der Waals surface area contributed by atoms with Gasteiger partial charge in [-0.25, -0.2) is 0 Å². The van der Waals surface area contributed by atoms with E-state index in [1.54, 1.807) is 0 Å². The van der Waals surface area contributed by atoms with Gasteiger partial charge in [0, 0.05) is 34.7 Å². The highest BCUT2D eigenvalue weighted by molar-refractivity contribution is 6.27. The predicted octanol–water partition coefficient (Wildman–Crippen LogP) is 6.60. The third-order valence-electron chi connectivity index (χ3n) is 8.06. The molecule has 3 heteroatoms. The number of carbonyl (C=O) groups is 1. The first-order valence-corrected chi connectivity index (χ1v) is 12.3. The molecule has 2 aliphatic heterocycles. The van der Waals surface area contributed by atoms with Gasteiger partial charge in [-0.3, -0.25) is 9.79 Å². The average Bonchev–Trinajstić information content (AvgIpc) is 3.23. The number of nitrogens with zero attached hydrogens (tertiary/aromatic N) is 2. The Hall–Kier alpha value is -3.72. The van der Waals surface area contributed by atoms with E-state index in [2.05, 4.69) is 77.7 Å². The van der Waals surface area contributed by atoms with E-state index in [1.807, 2.05) is 24.3 Å². The monoisotopic (exact) mass is 442 g/mol. The van der Waals surface area contributed by atoms with Crippen LogP contribution in [-0.4, -0.2) is 22.1 Å². The van der Waals surface area contributed by atoms with Crippen LogP contribution in [0.15, 0.2) is 108 Å². The van der Waals surface area contributed by atoms with Gasteiger partial charge < -0.3 is 4.90 Å². The Morgan fingerprint density at radius 3 is 2.29 bits per heavy atom. The minimum absolute atomic E-state index is 0.0755. The van der Waals surface area contributed by atoms with Crippen molar-refractivity contribution < 1.29 is 4.79 Å². The molecule has 2 aliphatic carbocycles. The van der Waals surface area contributed by atoms with Gasteiger partial charge in [-0.05, 0) is 30.4 Å². The molecule has 3 nitrogen and oxygen atoms in total. The number of fused-ring (bicyclic) bond motifs is 4. The Labute approximate surface area is 200 Å². The van der Waals surface area contributed by atoms with Crippen molar-refractivity contribution in [2.45, 2.75) is 37.3 Å². The van der Waals surface area contributed by atoms with Crippen molar-refractivity contribution in [3.63, 3.8) is 0 Å². The third kappa shape index (κ3) is 2.70. The first-order valence-electron chi connectivity index (χ1n) is 12.3. The molecule has 0 radical (unpaired) electrons. The smallest absolute Gasteiger partial charge is 0.188 e. The van der Waals surface area contributed by atoms with Gasteiger partial charge in [-0.15, -0.1) is 0 Å². The van der Waals surface area contributed by atoms with Gasteiger partial charge in [0.2, 0.25) is 0 Å². The zero-order valence-electron chi connectivity index (χ0n) is 19.0. The number of allylic oxidation sites excluding steroid dienone is 3. The summed E-state index contributed by atoms with van der Waals surface area (Å²) in [6.07, 6.45) is 8.79. The van der Waals surface area contributed by atoms with E-state index in [-0.39, 0.29) is 17.4 Å². The molecule has 3 aromatic carbocycles. The van der Waals surface area contributed by atoms with Crippen molar-refractivity contribution in [1.29, 1.82) is 0 Å². The number of hydrogen-bond donors (Lipinski definition) is 0. The third-order valence-corrected chi connectivity index (χ3v) is 8.06. The first-order chi connectivity index (χ1) is 16.8. The molecular weight excluding hydrogens is 416 g/mol. The molecule has 34 heavy (non-hydrogen) atoms. The lowest BCUT2D eigenvalue weighted by molar-refractivity contribution is 0.0683. The molecule has 4 aliphatic rings. The van der Waals surface area contributed by atoms with Gasteiger partial charge in [-0.1, -0.05) is 97.4 Å². The van der Waals surface area contributed by atoms with Crippen LogP contribution in [0.25, 0.3) is 5.70 Å². The molecule has 0 amide bonds. The Bertz CT molecular complexity index is 1390. The molecule has 2 heterocycles. The fourth-order valence-electron chi connectivity index (χ4n) is 6.64. The lowest BCUT2D eigenvalue weighted by Gasteiger charge is -2.53. The van der Waals surface area contributed by atoms with E-state index in [0.717, 1.165) is 41.8 Å². The standard InChI is InChI=1S/C31H26N2O/c34-29-20-28-30(24-16-8-7-15-23(24)29)32-31-18-10-9-17-26(31)25(21-11-3-1-4-12-21)19-27(33(28)31)22-13-5-2-6-14-22/h1-8,11-16,19-20,25-26H,9-10,17-18H2. The first kappa shape index (κ1) is 19.7. The maximum Gasteiger partial charge on any atom is 0.188 e. The SMILES string of the molecule is O=C1C=C2C(=NC34CCCCC3C(c3ccccc3)C=C(c3ccccc3)N24)c2ccccc21. The van der Waals surface area contributed by atoms with Gasteiger partial charge in [0.25, 0.3) is 0 Å². The van der Waals surface area contributed by atoms with Gasteiger partial charge >= 0.3 is 0 Å². The Balaban J connectivity index is 1.51. The molecular formula is C31H26N2O. The van der Waals surface area contributed by atoms with Gasteiger partial charge in [0.1, 0.15) is 5.66 Å². The van der Waals surface area contributed by atoms with Gasteiger partial charge in [0.05, 0.1) is 11.4 Å². The van der Waals surface area contributed by atoms with Gasteiger partial charge in [-0.2, -0.15) is 0 Å². The van der Waals surface area contributed by atoms with Crippen molar-refractivity contribution in [2.24, 2.45) is 10.9 Å². The summed E-state index contributed by atoms with van der Waals surface area (Å²) in [4.78, 5) is 21.2. The second-order valence-electron chi connectivity index (χ2n) is 9.82. The van der Waals surface area contributed by atoms with E-state index in [0.29, 0.717) is 5.92 Å². The topological polar surface area (TPSA) is 32.7 Å². The minimum Gasteiger partial charge on any atom is -0.313 e. The lowest BCUT2D eigenvalue weighted by atomic mass is 9.66. The maximum absolute atomic E-state index is 13.2. The molecule has 7 rings (SSSR count). The van der Waals surface area contributed by atoms with Crippen molar-refractivity contribution in [2.75, 3.05) is 0 Å². The van der Waals surface area contributed by atoms with E-state index in [4.69, 9.17) is 4.99 Å². The Kier molecular flexibility index (Phi) is 4.29. The highest BCUT2D eigenvalue weighted by Gasteiger charge is 2.57. The van der Waals surface area contributed by atoms with Crippen molar-refractivity contribution in [3.05, 3.63) is 125 Å². The minimum atomic E-state index is -0.364. The maximum atomic E-state index is 13.2. The van der Waals surface area contributed by atoms with Crippen LogP contribution in [0.5, 0.6) is 0 Å². The summed E-state index contributed by atoms with van der Waals surface area (Å²) in [5, 5.41) is 0. The van der Waals surface area contributed by atoms with Crippen LogP contribution < -0.4 is 0 Å². The number of benzene rings is 3. The normalized spacial score (nSPS) is 27.0. The van der Waals surface area contributed by atoms with Crippen molar-refractivity contribution in [1.82, 2.24) is 4.90 Å². The van der Waals surface area contributed by atoms with Crippen LogP contribution in [0.3, 0.4) is 0 Å². The molecule has 1 spiro atoms. The summed E-state index contributed by atoms with van der Waals surface area (Å²) in [7, 11) is 0. The summed E-state index contributed by atoms with van der Waals surface area (Å²) >= 11 is 0. The molecule has 0 N–H and O–H groups in total. The molecule has 3 atom stereocenters. The fraction of sp³-hybridized carbons (Fsp3) is 0.226. The Morgan fingerprint density at radius 2 is 1.50 bits per heavy atom. The molecule has 3 aromatic rings. The zero-order chi connectivity index (χ0) is 22.7. The molecule has 166 valence electrons. The number of ketones is 1. The van der Waals surface area contributed by atoms with Crippen molar-refractivity contribution >= 4 is 17.2 Å². The van der Waals surface area contributed by atoms with Crippen LogP contribution in [-0.2, 0) is 0 Å². The molecule has 0 saturated heterocycles. The largest absolute Gasteiger partial charge is 0.313 e. The van der Waals surface area contributed by atoms with E-state index in [1.165, 1.54) is 23.2 Å².